The largest absolute Gasteiger partial charge is 0.508 e. The average molecular weight is 556 g/mol. The first-order valence-corrected chi connectivity index (χ1v) is 14.3. The first-order valence-electron chi connectivity index (χ1n) is 14.3. The van der Waals surface area contributed by atoms with Crippen LogP contribution < -0.4 is 4.90 Å². The zero-order valence-electron chi connectivity index (χ0n) is 23.4. The van der Waals surface area contributed by atoms with Gasteiger partial charge in [-0.2, -0.15) is 0 Å². The summed E-state index contributed by atoms with van der Waals surface area (Å²) in [6.07, 6.45) is 4.33. The number of rotatable bonds is 6. The molecule has 0 fully saturated rings. The van der Waals surface area contributed by atoms with Gasteiger partial charge in [0.05, 0.1) is 0 Å². The molecule has 0 aliphatic rings. The van der Waals surface area contributed by atoms with Crippen LogP contribution in [0.25, 0.3) is 44.8 Å². The molecular weight excluding hydrogens is 526 g/mol. The number of phenolic OH excluding ortho intramolecular Hbond substituents is 2. The number of anilines is 3. The van der Waals surface area contributed by atoms with Gasteiger partial charge < -0.3 is 15.1 Å². The molecule has 7 rings (SSSR count). The van der Waals surface area contributed by atoms with E-state index in [0.717, 1.165) is 22.6 Å². The molecule has 0 bridgehead atoms. The number of aromatic hydroxyl groups is 2. The fourth-order valence-corrected chi connectivity index (χ4v) is 5.73. The molecule has 3 heteroatoms. The lowest BCUT2D eigenvalue weighted by atomic mass is 9.92. The molecule has 0 atom stereocenters. The molecule has 0 aliphatic heterocycles. The second-order valence-electron chi connectivity index (χ2n) is 10.6. The van der Waals surface area contributed by atoms with Gasteiger partial charge in [-0.1, -0.05) is 103 Å². The van der Waals surface area contributed by atoms with Crippen molar-refractivity contribution in [1.29, 1.82) is 0 Å². The highest BCUT2D eigenvalue weighted by atomic mass is 16.3. The van der Waals surface area contributed by atoms with Gasteiger partial charge in [0.15, 0.2) is 0 Å². The summed E-state index contributed by atoms with van der Waals surface area (Å²) < 4.78 is 0. The van der Waals surface area contributed by atoms with Gasteiger partial charge in [0.2, 0.25) is 0 Å². The fourth-order valence-electron chi connectivity index (χ4n) is 5.73. The molecule has 206 valence electrons. The fraction of sp³-hybridized carbons (Fsp3) is 0. The molecule has 0 saturated heterocycles. The second-order valence-corrected chi connectivity index (χ2v) is 10.6. The van der Waals surface area contributed by atoms with E-state index >= 15 is 0 Å². The Bertz CT molecular complexity index is 2030. The Hall–Kier alpha value is -5.80. The van der Waals surface area contributed by atoms with E-state index in [0.29, 0.717) is 0 Å². The van der Waals surface area contributed by atoms with Crippen LogP contribution in [0.1, 0.15) is 11.1 Å². The van der Waals surface area contributed by atoms with E-state index in [9.17, 15) is 10.2 Å². The highest BCUT2D eigenvalue weighted by Gasteiger charge is 2.13. The number of hydrogen-bond acceptors (Lipinski definition) is 3. The minimum absolute atomic E-state index is 0.215. The third-order valence-corrected chi connectivity index (χ3v) is 7.86. The highest BCUT2D eigenvalue weighted by molar-refractivity contribution is 6.07. The molecule has 2 N–H and O–H groups in total. The van der Waals surface area contributed by atoms with Crippen molar-refractivity contribution < 1.29 is 10.2 Å². The van der Waals surface area contributed by atoms with Crippen LogP contribution in [-0.4, -0.2) is 10.2 Å². The van der Waals surface area contributed by atoms with Gasteiger partial charge in [-0.25, -0.2) is 0 Å². The van der Waals surface area contributed by atoms with Crippen molar-refractivity contribution in [3.63, 3.8) is 0 Å². The molecule has 7 aromatic rings. The van der Waals surface area contributed by atoms with Crippen LogP contribution in [0, 0.1) is 0 Å². The zero-order chi connectivity index (χ0) is 29.2. The molecular formula is C40H29NO2. The van der Waals surface area contributed by atoms with Gasteiger partial charge in [-0.05, 0) is 104 Å². The molecule has 43 heavy (non-hydrogen) atoms. The number of benzene rings is 7. The predicted molar refractivity (Wildman–Crippen MR) is 180 cm³/mol. The Morgan fingerprint density at radius 1 is 0.395 bits per heavy atom. The first-order chi connectivity index (χ1) is 21.1. The van der Waals surface area contributed by atoms with Gasteiger partial charge in [-0.15, -0.1) is 0 Å². The van der Waals surface area contributed by atoms with E-state index in [-0.39, 0.29) is 11.5 Å². The number of hydrogen-bond donors (Lipinski definition) is 2. The van der Waals surface area contributed by atoms with Crippen molar-refractivity contribution in [2.24, 2.45) is 0 Å². The molecule has 0 spiro atoms. The molecule has 0 aromatic heterocycles. The summed E-state index contributed by atoms with van der Waals surface area (Å²) in [5, 5.41) is 24.6. The van der Waals surface area contributed by atoms with Crippen LogP contribution in [0.2, 0.25) is 0 Å². The van der Waals surface area contributed by atoms with Gasteiger partial charge >= 0.3 is 0 Å². The van der Waals surface area contributed by atoms with E-state index in [4.69, 9.17) is 0 Å². The third-order valence-electron chi connectivity index (χ3n) is 7.86. The summed E-state index contributed by atoms with van der Waals surface area (Å²) in [5.41, 5.74) is 7.51. The molecule has 0 heterocycles. The van der Waals surface area contributed by atoms with Crippen LogP contribution in [0.5, 0.6) is 11.5 Å². The lowest BCUT2D eigenvalue weighted by molar-refractivity contribution is 0.475. The van der Waals surface area contributed by atoms with Crippen LogP contribution in [0.4, 0.5) is 17.1 Å². The van der Waals surface area contributed by atoms with E-state index in [1.807, 2.05) is 24.3 Å². The normalized spacial score (nSPS) is 11.3. The zero-order valence-corrected chi connectivity index (χ0v) is 23.4. The minimum atomic E-state index is 0.215. The average Bonchev–Trinajstić information content (AvgIpc) is 3.06. The Labute approximate surface area is 250 Å². The Kier molecular flexibility index (Phi) is 6.82. The summed E-state index contributed by atoms with van der Waals surface area (Å²) in [5.74, 6) is 0.431. The third kappa shape index (κ3) is 5.20. The summed E-state index contributed by atoms with van der Waals surface area (Å²) in [6, 6.07) is 50.7. The van der Waals surface area contributed by atoms with Crippen LogP contribution in [0.15, 0.2) is 152 Å². The number of phenols is 2. The lowest BCUT2D eigenvalue weighted by Crippen LogP contribution is -2.09. The first kappa shape index (κ1) is 26.1. The second kappa shape index (κ2) is 11.2. The van der Waals surface area contributed by atoms with E-state index in [1.54, 1.807) is 24.3 Å². The van der Waals surface area contributed by atoms with Gasteiger partial charge in [0.1, 0.15) is 11.5 Å². The SMILES string of the molecule is Oc1ccc(N(c2ccc(O)cc2)c2ccc(C=Cc3ccc(-c4cccc5ccccc45)c4ccccc34)cc2)cc1. The smallest absolute Gasteiger partial charge is 0.115 e. The Morgan fingerprint density at radius 2 is 0.907 bits per heavy atom. The van der Waals surface area contributed by atoms with E-state index < -0.39 is 0 Å². The Morgan fingerprint density at radius 3 is 1.56 bits per heavy atom. The minimum Gasteiger partial charge on any atom is -0.508 e. The van der Waals surface area contributed by atoms with Crippen molar-refractivity contribution in [3.8, 4) is 22.6 Å². The molecule has 0 aliphatic carbocycles. The van der Waals surface area contributed by atoms with Crippen LogP contribution in [0.3, 0.4) is 0 Å². The molecule has 3 nitrogen and oxygen atoms in total. The number of fused-ring (bicyclic) bond motifs is 2. The van der Waals surface area contributed by atoms with E-state index in [2.05, 4.69) is 120 Å². The molecule has 0 unspecified atom stereocenters. The highest BCUT2D eigenvalue weighted by Crippen LogP contribution is 2.37. The topological polar surface area (TPSA) is 43.7 Å². The van der Waals surface area contributed by atoms with Crippen molar-refractivity contribution in [1.82, 2.24) is 0 Å². The summed E-state index contributed by atoms with van der Waals surface area (Å²) in [4.78, 5) is 2.09. The van der Waals surface area contributed by atoms with Crippen molar-refractivity contribution >= 4 is 50.8 Å². The summed E-state index contributed by atoms with van der Waals surface area (Å²) in [7, 11) is 0. The van der Waals surface area contributed by atoms with E-state index in [1.165, 1.54) is 38.2 Å². The van der Waals surface area contributed by atoms with Gasteiger partial charge in [0.25, 0.3) is 0 Å². The van der Waals surface area contributed by atoms with Crippen molar-refractivity contribution in [3.05, 3.63) is 163 Å². The molecule has 0 saturated carbocycles. The molecule has 7 aromatic carbocycles. The van der Waals surface area contributed by atoms with Crippen LogP contribution >= 0.6 is 0 Å². The summed E-state index contributed by atoms with van der Waals surface area (Å²) >= 11 is 0. The maximum atomic E-state index is 9.83. The lowest BCUT2D eigenvalue weighted by Gasteiger charge is -2.25. The maximum absolute atomic E-state index is 9.83. The molecule has 0 amide bonds. The maximum Gasteiger partial charge on any atom is 0.115 e. The van der Waals surface area contributed by atoms with Gasteiger partial charge in [0, 0.05) is 17.1 Å². The standard InChI is InChI=1S/C40H29NO2/c42-34-23-19-32(20-24-34)41(33-21-25-35(43)26-22-33)31-17-13-28(14-18-31)12-15-30-16-27-40(38-10-4-3-9-37(30)38)39-11-5-7-29-6-1-2-8-36(29)39/h1-27,42-43H. The van der Waals surface area contributed by atoms with Gasteiger partial charge in [-0.3, -0.25) is 0 Å². The molecule has 0 radical (unpaired) electrons. The number of nitrogens with zero attached hydrogens (tertiary/aromatic N) is 1. The monoisotopic (exact) mass is 555 g/mol. The van der Waals surface area contributed by atoms with Crippen LogP contribution in [-0.2, 0) is 0 Å². The predicted octanol–water partition coefficient (Wildman–Crippen LogP) is 10.7. The quantitative estimate of drug-likeness (QED) is 0.201. The van der Waals surface area contributed by atoms with Crippen molar-refractivity contribution in [2.75, 3.05) is 4.90 Å². The van der Waals surface area contributed by atoms with Crippen molar-refractivity contribution in [2.45, 2.75) is 0 Å². The summed E-state index contributed by atoms with van der Waals surface area (Å²) in [6.45, 7) is 0. The Balaban J connectivity index is 1.22.